The van der Waals surface area contributed by atoms with Gasteiger partial charge in [-0.15, -0.1) is 0 Å². The van der Waals surface area contributed by atoms with Gasteiger partial charge in [-0.1, -0.05) is 0 Å². The van der Waals surface area contributed by atoms with E-state index in [-0.39, 0.29) is 5.25 Å². The van der Waals surface area contributed by atoms with Gasteiger partial charge in [0, 0.05) is 0 Å². The molecule has 3 nitrogen and oxygen atoms in total. The number of primary sulfonamides is 1. The molecule has 0 aromatic heterocycles. The van der Waals surface area contributed by atoms with E-state index in [9.17, 15) is 8.42 Å². The van der Waals surface area contributed by atoms with Gasteiger partial charge in [0.15, 0.2) is 0 Å². The summed E-state index contributed by atoms with van der Waals surface area (Å²) in [5.74, 6) is 0.889. The summed E-state index contributed by atoms with van der Waals surface area (Å²) in [4.78, 5) is 0. The molecule has 2 fully saturated rings. The molecule has 0 heterocycles. The highest BCUT2D eigenvalue weighted by atomic mass is 32.2. The molecule has 0 aliphatic heterocycles. The lowest BCUT2D eigenvalue weighted by Gasteiger charge is -2.03. The van der Waals surface area contributed by atoms with Crippen molar-refractivity contribution in [3.05, 3.63) is 0 Å². The van der Waals surface area contributed by atoms with Crippen LogP contribution in [0.1, 0.15) is 12.8 Å². The first kappa shape index (κ1) is 5.68. The van der Waals surface area contributed by atoms with Gasteiger partial charge in [-0.3, -0.25) is 0 Å². The Balaban J connectivity index is 2.20. The summed E-state index contributed by atoms with van der Waals surface area (Å²) < 4.78 is 21.3. The van der Waals surface area contributed by atoms with Crippen LogP contribution in [0.25, 0.3) is 0 Å². The molecule has 2 aliphatic rings. The number of rotatable bonds is 1. The lowest BCUT2D eigenvalue weighted by Crippen LogP contribution is -2.18. The Hall–Kier alpha value is -0.0900. The molecule has 0 radical (unpaired) electrons. The Morgan fingerprint density at radius 2 is 1.67 bits per heavy atom. The van der Waals surface area contributed by atoms with E-state index in [4.69, 9.17) is 5.14 Å². The molecule has 2 N–H and O–H groups in total. The first-order valence-corrected chi connectivity index (χ1v) is 4.73. The molecule has 2 atom stereocenters. The minimum absolute atomic E-state index is 0.155. The Kier molecular flexibility index (Phi) is 0.833. The highest BCUT2D eigenvalue weighted by molar-refractivity contribution is 7.90. The van der Waals surface area contributed by atoms with Crippen molar-refractivity contribution >= 4 is 10.0 Å². The normalized spacial score (nSPS) is 47.4. The average molecular weight is 147 g/mol. The third kappa shape index (κ3) is 0.632. The van der Waals surface area contributed by atoms with Gasteiger partial charge in [-0.2, -0.15) is 0 Å². The van der Waals surface area contributed by atoms with Gasteiger partial charge in [0.1, 0.15) is 0 Å². The van der Waals surface area contributed by atoms with Crippen LogP contribution in [-0.4, -0.2) is 13.7 Å². The second-order valence-corrected chi connectivity index (χ2v) is 4.68. The molecule has 2 aliphatic carbocycles. The van der Waals surface area contributed by atoms with Crippen molar-refractivity contribution in [3.8, 4) is 0 Å². The molecule has 2 unspecified atom stereocenters. The van der Waals surface area contributed by atoms with E-state index in [0.717, 1.165) is 12.8 Å². The SMILES string of the molecule is NS(=O)(=O)C1C2CCC21. The van der Waals surface area contributed by atoms with E-state index < -0.39 is 10.0 Å². The van der Waals surface area contributed by atoms with Crippen molar-refractivity contribution < 1.29 is 8.42 Å². The van der Waals surface area contributed by atoms with E-state index in [0.29, 0.717) is 11.8 Å². The Morgan fingerprint density at radius 3 is 1.78 bits per heavy atom. The van der Waals surface area contributed by atoms with Crippen molar-refractivity contribution in [3.63, 3.8) is 0 Å². The fourth-order valence-electron chi connectivity index (χ4n) is 1.78. The lowest BCUT2D eigenvalue weighted by atomic mass is 10.0. The van der Waals surface area contributed by atoms with Gasteiger partial charge in [-0.25, -0.2) is 13.6 Å². The average Bonchev–Trinajstić information content (AvgIpc) is 2.04. The molecule has 0 saturated heterocycles. The third-order valence-corrected chi connectivity index (χ3v) is 3.92. The first-order valence-electron chi connectivity index (χ1n) is 3.12. The van der Waals surface area contributed by atoms with Gasteiger partial charge < -0.3 is 0 Å². The molecular formula is C5H9NO2S. The molecule has 0 aromatic carbocycles. The van der Waals surface area contributed by atoms with Gasteiger partial charge in [-0.05, 0) is 24.7 Å². The molecule has 0 aromatic rings. The number of hydrogen-bond donors (Lipinski definition) is 1. The standard InChI is InChI=1S/C5H9NO2S/c6-9(7,8)5-3-1-2-4(3)5/h3-5H,1-2H2,(H2,6,7,8). The largest absolute Gasteiger partial charge is 0.228 e. The Labute approximate surface area is 54.3 Å². The minimum Gasteiger partial charge on any atom is -0.228 e. The maximum Gasteiger partial charge on any atom is 0.212 e. The summed E-state index contributed by atoms with van der Waals surface area (Å²) in [6.45, 7) is 0. The molecule has 4 heteroatoms. The summed E-state index contributed by atoms with van der Waals surface area (Å²) in [5, 5.41) is 4.78. The zero-order valence-electron chi connectivity index (χ0n) is 4.95. The quantitative estimate of drug-likeness (QED) is 0.552. The fraction of sp³-hybridized carbons (Fsp3) is 1.00. The van der Waals surface area contributed by atoms with Gasteiger partial charge >= 0.3 is 0 Å². The van der Waals surface area contributed by atoms with Crippen LogP contribution in [0.15, 0.2) is 0 Å². The summed E-state index contributed by atoms with van der Waals surface area (Å²) in [5.41, 5.74) is 0. The molecule has 2 rings (SSSR count). The van der Waals surface area contributed by atoms with Crippen LogP contribution in [-0.2, 0) is 10.0 Å². The highest BCUT2D eigenvalue weighted by Gasteiger charge is 2.62. The predicted molar refractivity (Wildman–Crippen MR) is 33.1 cm³/mol. The lowest BCUT2D eigenvalue weighted by molar-refractivity contribution is 0.468. The molecule has 0 amide bonds. The van der Waals surface area contributed by atoms with E-state index >= 15 is 0 Å². The number of nitrogens with two attached hydrogens (primary N) is 1. The molecular weight excluding hydrogens is 138 g/mol. The minimum atomic E-state index is -3.17. The van der Waals surface area contributed by atoms with Crippen LogP contribution in [0.2, 0.25) is 0 Å². The van der Waals surface area contributed by atoms with Crippen molar-refractivity contribution in [1.29, 1.82) is 0 Å². The maximum absolute atomic E-state index is 10.6. The summed E-state index contributed by atoms with van der Waals surface area (Å²) in [7, 11) is -3.17. The molecule has 9 heavy (non-hydrogen) atoms. The highest BCUT2D eigenvalue weighted by Crippen LogP contribution is 2.58. The van der Waals surface area contributed by atoms with Crippen LogP contribution in [0.3, 0.4) is 0 Å². The second-order valence-electron chi connectivity index (χ2n) is 2.96. The number of fused-ring (bicyclic) bond motifs is 1. The molecule has 0 bridgehead atoms. The fourth-order valence-corrected chi connectivity index (χ4v) is 3.34. The van der Waals surface area contributed by atoms with Crippen molar-refractivity contribution in [2.24, 2.45) is 17.0 Å². The summed E-state index contributed by atoms with van der Waals surface area (Å²) >= 11 is 0. The predicted octanol–water partition coefficient (Wildman–Crippen LogP) is -0.317. The van der Waals surface area contributed by atoms with E-state index in [1.165, 1.54) is 0 Å². The summed E-state index contributed by atoms with van der Waals surface area (Å²) in [6.07, 6.45) is 2.15. The van der Waals surface area contributed by atoms with Crippen LogP contribution in [0, 0.1) is 11.8 Å². The van der Waals surface area contributed by atoms with Gasteiger partial charge in [0.25, 0.3) is 0 Å². The van der Waals surface area contributed by atoms with E-state index in [2.05, 4.69) is 0 Å². The Morgan fingerprint density at radius 1 is 1.22 bits per heavy atom. The maximum atomic E-state index is 10.6. The summed E-state index contributed by atoms with van der Waals surface area (Å²) in [6, 6.07) is 0. The van der Waals surface area contributed by atoms with Gasteiger partial charge in [0.05, 0.1) is 5.25 Å². The zero-order chi connectivity index (χ0) is 6.65. The molecule has 0 spiro atoms. The van der Waals surface area contributed by atoms with Crippen LogP contribution >= 0.6 is 0 Å². The number of hydrogen-bond acceptors (Lipinski definition) is 2. The monoisotopic (exact) mass is 147 g/mol. The number of sulfonamides is 1. The topological polar surface area (TPSA) is 60.2 Å². The smallest absolute Gasteiger partial charge is 0.212 e. The van der Waals surface area contributed by atoms with Crippen LogP contribution < -0.4 is 5.14 Å². The van der Waals surface area contributed by atoms with Crippen LogP contribution in [0.4, 0.5) is 0 Å². The zero-order valence-corrected chi connectivity index (χ0v) is 5.76. The second kappa shape index (κ2) is 1.32. The van der Waals surface area contributed by atoms with Crippen LogP contribution in [0.5, 0.6) is 0 Å². The van der Waals surface area contributed by atoms with Crippen molar-refractivity contribution in [2.45, 2.75) is 18.1 Å². The Bertz CT molecular complexity index is 223. The molecule has 52 valence electrons. The molecule has 2 saturated carbocycles. The van der Waals surface area contributed by atoms with E-state index in [1.807, 2.05) is 0 Å². The van der Waals surface area contributed by atoms with Crippen molar-refractivity contribution in [1.82, 2.24) is 0 Å². The van der Waals surface area contributed by atoms with Gasteiger partial charge in [0.2, 0.25) is 10.0 Å². The van der Waals surface area contributed by atoms with E-state index in [1.54, 1.807) is 0 Å². The third-order valence-electron chi connectivity index (χ3n) is 2.47. The van der Waals surface area contributed by atoms with Crippen molar-refractivity contribution in [2.75, 3.05) is 0 Å². The first-order chi connectivity index (χ1) is 4.11.